The Hall–Kier alpha value is -4.49. The van der Waals surface area contributed by atoms with Gasteiger partial charge in [-0.15, -0.1) is 0 Å². The van der Waals surface area contributed by atoms with Crippen LogP contribution in [0.15, 0.2) is 66.7 Å². The Kier molecular flexibility index (Phi) is 11.8. The van der Waals surface area contributed by atoms with Gasteiger partial charge in [0, 0.05) is 18.7 Å². The summed E-state index contributed by atoms with van der Waals surface area (Å²) in [4.78, 5) is 37.8. The standard InChI is InChI=1S/C35H43N3O9S/c1-35(2,3)47-34(41)37(23-31(39)26-14-17-28(18-15-26)38(42)43)21-20-24-10-12-25(13-11-24)27-16-19-30(33(40)36-48(4,44)45)32(22-27)46-29-8-6-5-7-9-29/h10-19,22,29,31,39H,5-9,20-21,23H2,1-4H3,(H,36,40)/t31-/m0/s1. The second kappa shape index (κ2) is 15.6. The molecule has 1 fully saturated rings. The van der Waals surface area contributed by atoms with Gasteiger partial charge in [-0.3, -0.25) is 14.9 Å². The summed E-state index contributed by atoms with van der Waals surface area (Å²) >= 11 is 0. The molecular formula is C35H43N3O9S. The second-order valence-corrected chi connectivity index (χ2v) is 14.8. The maximum absolute atomic E-state index is 13.1. The zero-order valence-corrected chi connectivity index (χ0v) is 28.5. The highest BCUT2D eigenvalue weighted by atomic mass is 32.2. The minimum absolute atomic E-state index is 0.0620. The summed E-state index contributed by atoms with van der Waals surface area (Å²) in [5.74, 6) is -0.428. The molecule has 12 nitrogen and oxygen atoms in total. The first kappa shape index (κ1) is 36.3. The van der Waals surface area contributed by atoms with Crippen molar-refractivity contribution in [2.45, 2.75) is 77.1 Å². The van der Waals surface area contributed by atoms with E-state index in [9.17, 15) is 33.2 Å². The number of carbonyl (C=O) groups excluding carboxylic acids is 2. The van der Waals surface area contributed by atoms with Crippen LogP contribution in [-0.2, 0) is 21.2 Å². The van der Waals surface area contributed by atoms with Crippen molar-refractivity contribution in [1.82, 2.24) is 9.62 Å². The van der Waals surface area contributed by atoms with Crippen LogP contribution in [0, 0.1) is 10.1 Å². The number of ether oxygens (including phenoxy) is 2. The molecule has 258 valence electrons. The third-order valence-electron chi connectivity index (χ3n) is 7.84. The smallest absolute Gasteiger partial charge is 0.410 e. The van der Waals surface area contributed by atoms with E-state index in [0.29, 0.717) is 17.7 Å². The van der Waals surface area contributed by atoms with Crippen molar-refractivity contribution in [1.29, 1.82) is 0 Å². The molecule has 0 bridgehead atoms. The Bertz CT molecular complexity index is 1700. The maximum atomic E-state index is 13.1. The highest BCUT2D eigenvalue weighted by Crippen LogP contribution is 2.31. The van der Waals surface area contributed by atoms with Gasteiger partial charge >= 0.3 is 6.09 Å². The summed E-state index contributed by atoms with van der Waals surface area (Å²) in [6.45, 7) is 5.43. The molecule has 1 saturated carbocycles. The molecule has 0 saturated heterocycles. The van der Waals surface area contributed by atoms with Crippen LogP contribution in [0.5, 0.6) is 5.75 Å². The molecule has 48 heavy (non-hydrogen) atoms. The maximum Gasteiger partial charge on any atom is 0.410 e. The van der Waals surface area contributed by atoms with Gasteiger partial charge in [0.15, 0.2) is 0 Å². The average Bonchev–Trinajstić information content (AvgIpc) is 3.02. The predicted octanol–water partition coefficient (Wildman–Crippen LogP) is 6.18. The lowest BCUT2D eigenvalue weighted by Crippen LogP contribution is -2.40. The summed E-state index contributed by atoms with van der Waals surface area (Å²) < 4.78 is 37.4. The van der Waals surface area contributed by atoms with Gasteiger partial charge in [0.05, 0.1) is 35.5 Å². The number of amides is 2. The normalized spacial score (nSPS) is 14.5. The molecule has 4 rings (SSSR count). The fourth-order valence-corrected chi connectivity index (χ4v) is 5.86. The zero-order valence-electron chi connectivity index (χ0n) is 27.7. The number of benzene rings is 3. The monoisotopic (exact) mass is 681 g/mol. The van der Waals surface area contributed by atoms with E-state index in [-0.39, 0.29) is 30.4 Å². The van der Waals surface area contributed by atoms with Crippen molar-refractivity contribution < 1.29 is 37.5 Å². The van der Waals surface area contributed by atoms with Gasteiger partial charge in [-0.1, -0.05) is 36.8 Å². The molecule has 3 aromatic carbocycles. The summed E-state index contributed by atoms with van der Waals surface area (Å²) in [5.41, 5.74) is 2.27. The minimum atomic E-state index is -3.76. The van der Waals surface area contributed by atoms with Gasteiger partial charge in [-0.25, -0.2) is 17.9 Å². The molecule has 0 spiro atoms. The van der Waals surface area contributed by atoms with Gasteiger partial charge in [-0.05, 0) is 99.4 Å². The molecule has 0 unspecified atom stereocenters. The quantitative estimate of drug-likeness (QED) is 0.168. The fraction of sp³-hybridized carbons (Fsp3) is 0.429. The van der Waals surface area contributed by atoms with E-state index in [1.807, 2.05) is 29.0 Å². The van der Waals surface area contributed by atoms with Crippen molar-refractivity contribution >= 4 is 27.7 Å². The molecule has 2 N–H and O–H groups in total. The van der Waals surface area contributed by atoms with Crippen LogP contribution in [0.25, 0.3) is 11.1 Å². The number of nitro benzene ring substituents is 1. The number of carbonyl (C=O) groups is 2. The van der Waals surface area contributed by atoms with Gasteiger partial charge in [0.2, 0.25) is 10.0 Å². The molecule has 13 heteroatoms. The van der Waals surface area contributed by atoms with Crippen molar-refractivity contribution in [3.63, 3.8) is 0 Å². The number of hydrogen-bond donors (Lipinski definition) is 2. The SMILES string of the molecule is CC(C)(C)OC(=O)N(CCc1ccc(-c2ccc(C(=O)NS(C)(=O)=O)c(OC3CCCCC3)c2)cc1)C[C@H](O)c1ccc([N+](=O)[O-])cc1. The molecule has 0 aliphatic heterocycles. The summed E-state index contributed by atoms with van der Waals surface area (Å²) in [5, 5.41) is 21.9. The lowest BCUT2D eigenvalue weighted by molar-refractivity contribution is -0.384. The van der Waals surface area contributed by atoms with Gasteiger partial charge in [0.1, 0.15) is 11.4 Å². The predicted molar refractivity (Wildman–Crippen MR) is 181 cm³/mol. The lowest BCUT2D eigenvalue weighted by Gasteiger charge is -2.29. The Labute approximate surface area is 281 Å². The van der Waals surface area contributed by atoms with Crippen LogP contribution in [-0.4, -0.2) is 66.4 Å². The van der Waals surface area contributed by atoms with E-state index < -0.39 is 38.7 Å². The number of nitro groups is 1. The van der Waals surface area contributed by atoms with Crippen LogP contribution in [0.1, 0.15) is 80.5 Å². The topological polar surface area (TPSA) is 165 Å². The number of sulfonamides is 1. The van der Waals surface area contributed by atoms with Crippen LogP contribution in [0.4, 0.5) is 10.5 Å². The molecule has 1 atom stereocenters. The Morgan fingerprint density at radius 3 is 2.21 bits per heavy atom. The van der Waals surface area contributed by atoms with Crippen molar-refractivity contribution in [2.24, 2.45) is 0 Å². The number of rotatable bonds is 12. The molecule has 0 aromatic heterocycles. The van der Waals surface area contributed by atoms with Crippen molar-refractivity contribution in [3.05, 3.63) is 93.5 Å². The molecule has 0 heterocycles. The first-order valence-corrected chi connectivity index (χ1v) is 17.8. The molecule has 3 aromatic rings. The van der Waals surface area contributed by atoms with Crippen molar-refractivity contribution in [3.8, 4) is 16.9 Å². The third-order valence-corrected chi connectivity index (χ3v) is 8.40. The van der Waals surface area contributed by atoms with E-state index in [0.717, 1.165) is 55.1 Å². The average molecular weight is 682 g/mol. The van der Waals surface area contributed by atoms with E-state index in [1.165, 1.54) is 29.2 Å². The molecule has 1 aliphatic carbocycles. The first-order chi connectivity index (χ1) is 22.6. The van der Waals surface area contributed by atoms with Crippen LogP contribution in [0.2, 0.25) is 0 Å². The van der Waals surface area contributed by atoms with Gasteiger partial charge in [-0.2, -0.15) is 0 Å². The fourth-order valence-electron chi connectivity index (χ4n) is 5.42. The largest absolute Gasteiger partial charge is 0.490 e. The van der Waals surface area contributed by atoms with E-state index in [4.69, 9.17) is 9.47 Å². The Balaban J connectivity index is 1.50. The van der Waals surface area contributed by atoms with Crippen LogP contribution < -0.4 is 9.46 Å². The second-order valence-electron chi connectivity index (χ2n) is 13.0. The highest BCUT2D eigenvalue weighted by Gasteiger charge is 2.25. The number of aliphatic hydroxyl groups excluding tert-OH is 1. The summed E-state index contributed by atoms with van der Waals surface area (Å²) in [6.07, 6.45) is 4.53. The molecule has 1 aliphatic rings. The molecule has 0 radical (unpaired) electrons. The van der Waals surface area contributed by atoms with Gasteiger partial charge < -0.3 is 19.5 Å². The van der Waals surface area contributed by atoms with E-state index in [1.54, 1.807) is 39.0 Å². The van der Waals surface area contributed by atoms with E-state index >= 15 is 0 Å². The Morgan fingerprint density at radius 1 is 1.00 bits per heavy atom. The number of hydrogen-bond acceptors (Lipinski definition) is 9. The minimum Gasteiger partial charge on any atom is -0.490 e. The Morgan fingerprint density at radius 2 is 1.62 bits per heavy atom. The lowest BCUT2D eigenvalue weighted by atomic mass is 9.97. The summed E-state index contributed by atoms with van der Waals surface area (Å²) in [7, 11) is -3.76. The number of nitrogens with one attached hydrogen (secondary N) is 1. The van der Waals surface area contributed by atoms with E-state index in [2.05, 4.69) is 0 Å². The number of aliphatic hydroxyl groups is 1. The van der Waals surface area contributed by atoms with Crippen molar-refractivity contribution in [2.75, 3.05) is 19.3 Å². The third kappa shape index (κ3) is 10.8. The van der Waals surface area contributed by atoms with Gasteiger partial charge in [0.25, 0.3) is 11.6 Å². The first-order valence-electron chi connectivity index (χ1n) is 15.9. The summed E-state index contributed by atoms with van der Waals surface area (Å²) in [6, 6.07) is 18.3. The van der Waals surface area contributed by atoms with Crippen LogP contribution >= 0.6 is 0 Å². The number of non-ortho nitro benzene ring substituents is 1. The molecule has 2 amide bonds. The molecular weight excluding hydrogens is 638 g/mol. The zero-order chi connectivity index (χ0) is 35.1. The highest BCUT2D eigenvalue weighted by molar-refractivity contribution is 7.89. The number of nitrogens with zero attached hydrogens (tertiary/aromatic N) is 2. The van der Waals surface area contributed by atoms with Crippen LogP contribution in [0.3, 0.4) is 0 Å².